The molecule has 86 valence electrons. The van der Waals surface area contributed by atoms with Gasteiger partial charge in [-0.25, -0.2) is 0 Å². The first-order chi connectivity index (χ1) is 6.88. The molecule has 0 bridgehead atoms. The van der Waals surface area contributed by atoms with Crippen LogP contribution in [0.15, 0.2) is 11.4 Å². The maximum Gasteiger partial charge on any atom is 0.0812 e. The predicted octanol–water partition coefficient (Wildman–Crippen LogP) is 3.12. The van der Waals surface area contributed by atoms with Crippen molar-refractivity contribution < 1.29 is 4.74 Å². The molecule has 0 aliphatic heterocycles. The van der Waals surface area contributed by atoms with Crippen LogP contribution in [0.1, 0.15) is 37.3 Å². The first-order valence-electron chi connectivity index (χ1n) is 5.20. The smallest absolute Gasteiger partial charge is 0.0812 e. The summed E-state index contributed by atoms with van der Waals surface area (Å²) in [6.07, 6.45) is 0.0470. The molecule has 0 spiro atoms. The molecule has 2 N–H and O–H groups in total. The molecule has 2 unspecified atom stereocenters. The maximum absolute atomic E-state index is 6.26. The second kappa shape index (κ2) is 4.64. The van der Waals surface area contributed by atoms with Crippen molar-refractivity contribution in [1.29, 1.82) is 0 Å². The highest BCUT2D eigenvalue weighted by molar-refractivity contribution is 7.10. The predicted molar refractivity (Wildman–Crippen MR) is 66.2 cm³/mol. The van der Waals surface area contributed by atoms with Crippen LogP contribution in [0.4, 0.5) is 0 Å². The van der Waals surface area contributed by atoms with E-state index in [9.17, 15) is 0 Å². The Bertz CT molecular complexity index is 314. The Morgan fingerprint density at radius 2 is 2.00 bits per heavy atom. The van der Waals surface area contributed by atoms with Gasteiger partial charge in [0.2, 0.25) is 0 Å². The molecule has 0 amide bonds. The van der Waals surface area contributed by atoms with Crippen molar-refractivity contribution in [2.45, 2.75) is 39.8 Å². The highest BCUT2D eigenvalue weighted by Crippen LogP contribution is 2.33. The summed E-state index contributed by atoms with van der Waals surface area (Å²) in [6, 6.07) is 2.06. The quantitative estimate of drug-likeness (QED) is 0.861. The third-order valence-corrected chi connectivity index (χ3v) is 3.55. The second-order valence-corrected chi connectivity index (χ2v) is 6.10. The van der Waals surface area contributed by atoms with Gasteiger partial charge in [0.1, 0.15) is 0 Å². The number of methoxy groups -OCH3 is 1. The van der Waals surface area contributed by atoms with Gasteiger partial charge >= 0.3 is 0 Å². The SMILES string of the molecule is COC(C(N)c1ccsc1C)C(C)(C)C. The fourth-order valence-corrected chi connectivity index (χ4v) is 2.70. The number of hydrogen-bond donors (Lipinski definition) is 1. The van der Waals surface area contributed by atoms with Crippen molar-refractivity contribution in [1.82, 2.24) is 0 Å². The van der Waals surface area contributed by atoms with Crippen molar-refractivity contribution in [2.24, 2.45) is 11.1 Å². The monoisotopic (exact) mass is 227 g/mol. The molecule has 2 atom stereocenters. The summed E-state index contributed by atoms with van der Waals surface area (Å²) in [6.45, 7) is 8.57. The van der Waals surface area contributed by atoms with Crippen molar-refractivity contribution >= 4 is 11.3 Å². The third-order valence-electron chi connectivity index (χ3n) is 2.69. The van der Waals surface area contributed by atoms with Crippen LogP contribution in [-0.2, 0) is 4.74 Å². The molecular formula is C12H21NOS. The zero-order chi connectivity index (χ0) is 11.6. The molecule has 1 rings (SSSR count). The minimum absolute atomic E-state index is 0.0405. The van der Waals surface area contributed by atoms with E-state index in [1.54, 1.807) is 18.4 Å². The minimum atomic E-state index is -0.0405. The number of thiophene rings is 1. The summed E-state index contributed by atoms with van der Waals surface area (Å²) in [7, 11) is 1.73. The average Bonchev–Trinajstić information content (AvgIpc) is 2.49. The standard InChI is InChI=1S/C12H21NOS/c1-8-9(6-7-15-8)10(13)11(14-5)12(2,3)4/h6-7,10-11H,13H2,1-5H3. The third kappa shape index (κ3) is 2.80. The van der Waals surface area contributed by atoms with E-state index in [4.69, 9.17) is 10.5 Å². The number of hydrogen-bond acceptors (Lipinski definition) is 3. The van der Waals surface area contributed by atoms with Crippen molar-refractivity contribution in [2.75, 3.05) is 7.11 Å². The molecule has 1 aromatic rings. The molecule has 15 heavy (non-hydrogen) atoms. The average molecular weight is 227 g/mol. The van der Waals surface area contributed by atoms with Crippen molar-refractivity contribution in [3.8, 4) is 0 Å². The molecule has 3 heteroatoms. The Balaban J connectivity index is 2.92. The van der Waals surface area contributed by atoms with E-state index in [0.29, 0.717) is 0 Å². The van der Waals surface area contributed by atoms with Gasteiger partial charge in [-0.3, -0.25) is 0 Å². The van der Waals surface area contributed by atoms with Crippen LogP contribution in [0.3, 0.4) is 0 Å². The summed E-state index contributed by atoms with van der Waals surface area (Å²) in [5.41, 5.74) is 7.53. The normalized spacial score (nSPS) is 16.4. The maximum atomic E-state index is 6.26. The molecule has 0 aromatic carbocycles. The Hall–Kier alpha value is -0.380. The number of aryl methyl sites for hydroxylation is 1. The number of rotatable bonds is 3. The number of ether oxygens (including phenoxy) is 1. The minimum Gasteiger partial charge on any atom is -0.379 e. The molecule has 0 radical (unpaired) electrons. The van der Waals surface area contributed by atoms with Gasteiger partial charge in [0.15, 0.2) is 0 Å². The van der Waals surface area contributed by atoms with Crippen LogP contribution in [0.25, 0.3) is 0 Å². The molecule has 1 heterocycles. The van der Waals surface area contributed by atoms with E-state index in [2.05, 4.69) is 39.1 Å². The van der Waals surface area contributed by atoms with E-state index in [1.807, 2.05) is 0 Å². The Labute approximate surface area is 96.4 Å². The fourth-order valence-electron chi connectivity index (χ4n) is 1.94. The van der Waals surface area contributed by atoms with E-state index >= 15 is 0 Å². The zero-order valence-corrected chi connectivity index (χ0v) is 11.0. The Kier molecular flexibility index (Phi) is 3.93. The highest BCUT2D eigenvalue weighted by Gasteiger charge is 2.31. The second-order valence-electron chi connectivity index (χ2n) is 4.98. The number of nitrogens with two attached hydrogens (primary N) is 1. The van der Waals surface area contributed by atoms with Gasteiger partial charge in [-0.05, 0) is 29.3 Å². The summed E-state index contributed by atoms with van der Waals surface area (Å²) in [5, 5.41) is 2.08. The van der Waals surface area contributed by atoms with Crippen LogP contribution >= 0.6 is 11.3 Å². The summed E-state index contributed by atoms with van der Waals surface area (Å²) in [5.74, 6) is 0. The summed E-state index contributed by atoms with van der Waals surface area (Å²) < 4.78 is 5.53. The lowest BCUT2D eigenvalue weighted by molar-refractivity contribution is -0.00246. The highest BCUT2D eigenvalue weighted by atomic mass is 32.1. The van der Waals surface area contributed by atoms with E-state index in [1.165, 1.54) is 10.4 Å². The lowest BCUT2D eigenvalue weighted by atomic mass is 9.82. The van der Waals surface area contributed by atoms with Crippen LogP contribution in [0, 0.1) is 12.3 Å². The molecule has 2 nitrogen and oxygen atoms in total. The van der Waals surface area contributed by atoms with Gasteiger partial charge in [-0.1, -0.05) is 20.8 Å². The lowest BCUT2D eigenvalue weighted by Crippen LogP contribution is -2.38. The molecule has 0 aliphatic rings. The first-order valence-corrected chi connectivity index (χ1v) is 6.08. The zero-order valence-electron chi connectivity index (χ0n) is 10.2. The van der Waals surface area contributed by atoms with E-state index in [0.717, 1.165) is 0 Å². The molecule has 0 saturated heterocycles. The Morgan fingerprint density at radius 1 is 1.40 bits per heavy atom. The van der Waals surface area contributed by atoms with Crippen LogP contribution in [0.2, 0.25) is 0 Å². The molecule has 0 saturated carbocycles. The van der Waals surface area contributed by atoms with Crippen LogP contribution in [0.5, 0.6) is 0 Å². The molecule has 1 aromatic heterocycles. The van der Waals surface area contributed by atoms with Gasteiger partial charge < -0.3 is 10.5 Å². The van der Waals surface area contributed by atoms with Crippen molar-refractivity contribution in [3.05, 3.63) is 21.9 Å². The molecule has 0 fully saturated rings. The van der Waals surface area contributed by atoms with Gasteiger partial charge in [-0.15, -0.1) is 11.3 Å². The Morgan fingerprint density at radius 3 is 2.33 bits per heavy atom. The van der Waals surface area contributed by atoms with Gasteiger partial charge in [-0.2, -0.15) is 0 Å². The topological polar surface area (TPSA) is 35.2 Å². The summed E-state index contributed by atoms with van der Waals surface area (Å²) >= 11 is 1.74. The fraction of sp³-hybridized carbons (Fsp3) is 0.667. The van der Waals surface area contributed by atoms with Crippen LogP contribution in [-0.4, -0.2) is 13.2 Å². The van der Waals surface area contributed by atoms with Gasteiger partial charge in [0.05, 0.1) is 12.1 Å². The van der Waals surface area contributed by atoms with Gasteiger partial charge in [0, 0.05) is 12.0 Å². The first kappa shape index (κ1) is 12.7. The van der Waals surface area contributed by atoms with E-state index in [-0.39, 0.29) is 17.6 Å². The molecule has 0 aliphatic carbocycles. The summed E-state index contributed by atoms with van der Waals surface area (Å²) in [4.78, 5) is 1.29. The molecular weight excluding hydrogens is 206 g/mol. The van der Waals surface area contributed by atoms with Crippen molar-refractivity contribution in [3.63, 3.8) is 0 Å². The van der Waals surface area contributed by atoms with Crippen LogP contribution < -0.4 is 5.73 Å². The largest absolute Gasteiger partial charge is 0.379 e. The van der Waals surface area contributed by atoms with Gasteiger partial charge in [0.25, 0.3) is 0 Å². The van der Waals surface area contributed by atoms with E-state index < -0.39 is 0 Å². The lowest BCUT2D eigenvalue weighted by Gasteiger charge is -2.34.